The first-order chi connectivity index (χ1) is 11.4. The molecule has 0 aliphatic heterocycles. The maximum absolute atomic E-state index is 2.99. The minimum atomic E-state index is 0. The van der Waals surface area contributed by atoms with Crippen LogP contribution in [0.15, 0.2) is 97.1 Å². The molecule has 2 aliphatic carbocycles. The molecule has 0 aromatic heterocycles. The van der Waals surface area contributed by atoms with Crippen molar-refractivity contribution in [3.05, 3.63) is 127 Å². The van der Waals surface area contributed by atoms with Gasteiger partial charge in [-0.15, -0.1) is 54.7 Å². The third-order valence-electron chi connectivity index (χ3n) is 3.10. The van der Waals surface area contributed by atoms with Crippen LogP contribution < -0.4 is 24.8 Å². The maximum Gasteiger partial charge on any atom is 2.00 e. The van der Waals surface area contributed by atoms with Crippen LogP contribution in [0.2, 0.25) is 0 Å². The molecule has 134 valence electrons. The Balaban J connectivity index is 0. The first-order valence-electron chi connectivity index (χ1n) is 7.83. The summed E-state index contributed by atoms with van der Waals surface area (Å²) in [6.07, 6.45) is 22.2. The SMILES string of the molecule is [C-]1=CC=CC1.[C-]1=CC=CC1.[Cl-].[Cl-].[Zr+2].c1ccc([CH-]c2ccccc2)cc1. The smallest absolute Gasteiger partial charge is 1.00 e. The third kappa shape index (κ3) is 13.0. The fourth-order valence-electron chi connectivity index (χ4n) is 1.97. The molecule has 0 unspecified atom stereocenters. The van der Waals surface area contributed by atoms with Crippen molar-refractivity contribution in [2.24, 2.45) is 0 Å². The molecule has 0 amide bonds. The molecule has 0 atom stereocenters. The average molecular weight is 460 g/mol. The normalized spacial score (nSPS) is 11.5. The molecule has 2 aromatic rings. The van der Waals surface area contributed by atoms with Crippen molar-refractivity contribution in [1.29, 1.82) is 0 Å². The predicted molar refractivity (Wildman–Crippen MR) is 98.5 cm³/mol. The number of hydrogen-bond acceptors (Lipinski definition) is 0. The molecule has 0 heterocycles. The largest absolute Gasteiger partial charge is 2.00 e. The summed E-state index contributed by atoms with van der Waals surface area (Å²) in [6.45, 7) is 0. The van der Waals surface area contributed by atoms with Crippen molar-refractivity contribution in [1.82, 2.24) is 0 Å². The van der Waals surface area contributed by atoms with E-state index in [9.17, 15) is 0 Å². The molecule has 0 N–H and O–H groups in total. The van der Waals surface area contributed by atoms with Gasteiger partial charge >= 0.3 is 26.2 Å². The first-order valence-corrected chi connectivity index (χ1v) is 7.83. The van der Waals surface area contributed by atoms with E-state index in [2.05, 4.69) is 79.3 Å². The second-order valence-electron chi connectivity index (χ2n) is 4.97. The number of hydrogen-bond donors (Lipinski definition) is 0. The van der Waals surface area contributed by atoms with Crippen LogP contribution in [0.1, 0.15) is 24.0 Å². The number of benzene rings is 2. The maximum atomic E-state index is 2.99. The van der Waals surface area contributed by atoms with Crippen molar-refractivity contribution in [3.63, 3.8) is 0 Å². The molecule has 0 saturated heterocycles. The van der Waals surface area contributed by atoms with Gasteiger partial charge in [-0.25, -0.2) is 24.3 Å². The zero-order chi connectivity index (χ0) is 16.0. The average Bonchev–Trinajstić information content (AvgIpc) is 3.35. The summed E-state index contributed by atoms with van der Waals surface area (Å²) in [5.74, 6) is 0. The molecule has 0 spiro atoms. The second-order valence-corrected chi connectivity index (χ2v) is 4.97. The van der Waals surface area contributed by atoms with E-state index in [0.717, 1.165) is 12.8 Å². The summed E-state index contributed by atoms with van der Waals surface area (Å²) >= 11 is 0. The monoisotopic (exact) mass is 457 g/mol. The van der Waals surface area contributed by atoms with Gasteiger partial charge in [0.25, 0.3) is 0 Å². The van der Waals surface area contributed by atoms with Gasteiger partial charge in [-0.3, -0.25) is 12.2 Å². The topological polar surface area (TPSA) is 0 Å². The van der Waals surface area contributed by atoms with Gasteiger partial charge in [0.05, 0.1) is 0 Å². The van der Waals surface area contributed by atoms with Crippen molar-refractivity contribution in [2.75, 3.05) is 0 Å². The van der Waals surface area contributed by atoms with Crippen molar-refractivity contribution in [2.45, 2.75) is 12.8 Å². The van der Waals surface area contributed by atoms with E-state index < -0.39 is 0 Å². The van der Waals surface area contributed by atoms with Crippen molar-refractivity contribution < 1.29 is 51.0 Å². The van der Waals surface area contributed by atoms with Crippen LogP contribution in [0.4, 0.5) is 0 Å². The molecule has 0 nitrogen and oxygen atoms in total. The van der Waals surface area contributed by atoms with E-state index in [1.165, 1.54) is 11.1 Å². The summed E-state index contributed by atoms with van der Waals surface area (Å²) in [7, 11) is 0. The van der Waals surface area contributed by atoms with Crippen molar-refractivity contribution in [3.8, 4) is 0 Å². The molecule has 0 bridgehead atoms. The Morgan fingerprint density at radius 1 is 0.615 bits per heavy atom. The summed E-state index contributed by atoms with van der Waals surface area (Å²) in [5.41, 5.74) is 2.49. The fourth-order valence-corrected chi connectivity index (χ4v) is 1.97. The zero-order valence-electron chi connectivity index (χ0n) is 14.5. The number of allylic oxidation sites excluding steroid dienone is 8. The minimum absolute atomic E-state index is 0. The van der Waals surface area contributed by atoms with E-state index >= 15 is 0 Å². The predicted octanol–water partition coefficient (Wildman–Crippen LogP) is -0.0958. The molecule has 2 aliphatic rings. The molecule has 26 heavy (non-hydrogen) atoms. The summed E-state index contributed by atoms with van der Waals surface area (Å²) in [4.78, 5) is 0. The minimum Gasteiger partial charge on any atom is -1.00 e. The Morgan fingerprint density at radius 2 is 1.00 bits per heavy atom. The van der Waals surface area contributed by atoms with Crippen LogP contribution >= 0.6 is 0 Å². The number of rotatable bonds is 2. The molecule has 0 saturated carbocycles. The van der Waals surface area contributed by atoms with E-state index in [1.807, 2.05) is 36.4 Å². The van der Waals surface area contributed by atoms with Crippen LogP contribution in [0.25, 0.3) is 0 Å². The van der Waals surface area contributed by atoms with Crippen molar-refractivity contribution >= 4 is 0 Å². The Morgan fingerprint density at radius 3 is 1.23 bits per heavy atom. The molecular formula is C23H21Cl2Zr-3. The summed E-state index contributed by atoms with van der Waals surface area (Å²) < 4.78 is 0. The standard InChI is InChI=1S/C13H11.2C5H5.2ClH.Zr/c1-3-7-12(8-4-1)11-13-9-5-2-6-10-13;2*1-2-4-5-3-1;;;/h1-11H;2*1-3H,4H2;2*1H;/q3*-1;;;+2/p-2. The van der Waals surface area contributed by atoms with Gasteiger partial charge in [0.15, 0.2) is 0 Å². The van der Waals surface area contributed by atoms with Crippen LogP contribution in [-0.2, 0) is 26.2 Å². The molecule has 2 aromatic carbocycles. The van der Waals surface area contributed by atoms with Crippen LogP contribution in [0.5, 0.6) is 0 Å². The van der Waals surface area contributed by atoms with Crippen LogP contribution in [-0.4, -0.2) is 0 Å². The van der Waals surface area contributed by atoms with E-state index in [4.69, 9.17) is 0 Å². The van der Waals surface area contributed by atoms with Gasteiger partial charge in [-0.2, -0.15) is 12.2 Å². The van der Waals surface area contributed by atoms with Gasteiger partial charge in [0.2, 0.25) is 0 Å². The zero-order valence-corrected chi connectivity index (χ0v) is 18.5. The van der Waals surface area contributed by atoms with Gasteiger partial charge in [0, 0.05) is 0 Å². The molecule has 0 radical (unpaired) electrons. The summed E-state index contributed by atoms with van der Waals surface area (Å²) in [5, 5.41) is 0. The molecular weight excluding hydrogens is 438 g/mol. The van der Waals surface area contributed by atoms with Gasteiger partial charge in [0.1, 0.15) is 0 Å². The molecule has 3 heteroatoms. The summed E-state index contributed by atoms with van der Waals surface area (Å²) in [6, 6.07) is 20.7. The third-order valence-corrected chi connectivity index (χ3v) is 3.10. The number of halogens is 2. The van der Waals surface area contributed by atoms with E-state index in [0.29, 0.717) is 0 Å². The quantitative estimate of drug-likeness (QED) is 0.551. The Bertz CT molecular complexity index is 580. The van der Waals surface area contributed by atoms with Gasteiger partial charge < -0.3 is 24.8 Å². The Hall–Kier alpha value is -1.27. The molecule has 4 rings (SSSR count). The Kier molecular flexibility index (Phi) is 19.2. The van der Waals surface area contributed by atoms with E-state index in [-0.39, 0.29) is 51.0 Å². The molecule has 0 fully saturated rings. The Labute approximate surface area is 189 Å². The van der Waals surface area contributed by atoms with Crippen LogP contribution in [0.3, 0.4) is 0 Å². The van der Waals surface area contributed by atoms with E-state index in [1.54, 1.807) is 0 Å². The van der Waals surface area contributed by atoms with Gasteiger partial charge in [-0.1, -0.05) is 36.4 Å². The fraction of sp³-hybridized carbons (Fsp3) is 0.0870. The first kappa shape index (κ1) is 27.0. The van der Waals surface area contributed by atoms with Crippen LogP contribution in [0, 0.1) is 18.6 Å². The second kappa shape index (κ2) is 18.5. The van der Waals surface area contributed by atoms with Gasteiger partial charge in [-0.05, 0) is 0 Å².